The Labute approximate surface area is 81.1 Å². The first kappa shape index (κ1) is 10.8. The molecule has 0 aromatic heterocycles. The van der Waals surface area contributed by atoms with Crippen LogP contribution in [0.2, 0.25) is 0 Å². The Morgan fingerprint density at radius 3 is 2.92 bits per heavy atom. The van der Waals surface area contributed by atoms with Crippen LogP contribution in [0.3, 0.4) is 0 Å². The Kier molecular flexibility index (Phi) is 3.98. The summed E-state index contributed by atoms with van der Waals surface area (Å²) < 4.78 is 9.75. The minimum absolute atomic E-state index is 0.0664. The van der Waals surface area contributed by atoms with Crippen molar-refractivity contribution in [2.24, 2.45) is 0 Å². The number of aliphatic hydroxyl groups is 2. The van der Waals surface area contributed by atoms with Crippen LogP contribution in [0.1, 0.15) is 6.42 Å². The molecule has 0 amide bonds. The molecule has 0 aromatic rings. The summed E-state index contributed by atoms with van der Waals surface area (Å²) in [7, 11) is 0. The Hall–Kier alpha value is -0.300. The standard InChI is InChI=1S/C7H12O5S/c8-2-4-1-6(12-7(10)13)5(9)3-11-4/h4-6,8-9H,1-3H2,(H,10,13). The fraction of sp³-hybridized carbons (Fsp3) is 0.857. The topological polar surface area (TPSA) is 76.0 Å². The van der Waals surface area contributed by atoms with Crippen LogP contribution >= 0.6 is 12.6 Å². The maximum absolute atomic E-state index is 10.5. The monoisotopic (exact) mass is 208 g/mol. The number of rotatable bonds is 2. The van der Waals surface area contributed by atoms with Gasteiger partial charge in [0.05, 0.1) is 19.3 Å². The van der Waals surface area contributed by atoms with Crippen molar-refractivity contribution in [1.29, 1.82) is 0 Å². The van der Waals surface area contributed by atoms with Gasteiger partial charge in [0.25, 0.3) is 0 Å². The van der Waals surface area contributed by atoms with Gasteiger partial charge >= 0.3 is 5.30 Å². The van der Waals surface area contributed by atoms with Crippen LogP contribution in [0.15, 0.2) is 0 Å². The fourth-order valence-electron chi connectivity index (χ4n) is 1.21. The van der Waals surface area contributed by atoms with Crippen LogP contribution in [-0.4, -0.2) is 47.0 Å². The van der Waals surface area contributed by atoms with Crippen LogP contribution in [0.25, 0.3) is 0 Å². The van der Waals surface area contributed by atoms with Gasteiger partial charge in [0.1, 0.15) is 12.2 Å². The highest BCUT2D eigenvalue weighted by atomic mass is 32.1. The van der Waals surface area contributed by atoms with E-state index in [1.54, 1.807) is 0 Å². The third kappa shape index (κ3) is 3.15. The average Bonchev–Trinajstić information content (AvgIpc) is 2.08. The zero-order valence-corrected chi connectivity index (χ0v) is 7.81. The first-order valence-electron chi connectivity index (χ1n) is 3.93. The lowest BCUT2D eigenvalue weighted by atomic mass is 10.0. The SMILES string of the molecule is O=C(S)OC1CC(CO)OCC1O. The second-order valence-electron chi connectivity index (χ2n) is 2.86. The van der Waals surface area contributed by atoms with E-state index in [0.29, 0.717) is 6.42 Å². The molecule has 0 bridgehead atoms. The Balaban J connectivity index is 2.44. The van der Waals surface area contributed by atoms with Crippen molar-refractivity contribution < 1.29 is 24.5 Å². The number of carbonyl (C=O) groups is 1. The smallest absolute Gasteiger partial charge is 0.364 e. The molecule has 3 atom stereocenters. The molecule has 0 aromatic carbocycles. The molecule has 1 rings (SSSR count). The molecule has 2 N–H and O–H groups in total. The lowest BCUT2D eigenvalue weighted by molar-refractivity contribution is -0.129. The van der Waals surface area contributed by atoms with E-state index < -0.39 is 17.5 Å². The third-order valence-electron chi connectivity index (χ3n) is 1.88. The molecule has 0 aliphatic carbocycles. The predicted octanol–water partition coefficient (Wildman–Crippen LogP) is -0.437. The summed E-state index contributed by atoms with van der Waals surface area (Å²) in [5.74, 6) is 0. The molecule has 1 saturated heterocycles. The molecule has 1 fully saturated rings. The summed E-state index contributed by atoms with van der Waals surface area (Å²) in [5.41, 5.74) is 0. The second kappa shape index (κ2) is 4.80. The van der Waals surface area contributed by atoms with Gasteiger partial charge in [0.15, 0.2) is 0 Å². The van der Waals surface area contributed by atoms with Crippen molar-refractivity contribution in [3.63, 3.8) is 0 Å². The summed E-state index contributed by atoms with van der Waals surface area (Å²) in [4.78, 5) is 10.5. The molecule has 1 heterocycles. The third-order valence-corrected chi connectivity index (χ3v) is 1.99. The molecule has 76 valence electrons. The average molecular weight is 208 g/mol. The Morgan fingerprint density at radius 1 is 1.69 bits per heavy atom. The fourth-order valence-corrected chi connectivity index (χ4v) is 1.35. The van der Waals surface area contributed by atoms with Crippen LogP contribution in [0, 0.1) is 0 Å². The van der Waals surface area contributed by atoms with Gasteiger partial charge in [-0.1, -0.05) is 12.6 Å². The van der Waals surface area contributed by atoms with Gasteiger partial charge in [-0.3, -0.25) is 0 Å². The molecule has 1 aliphatic rings. The maximum Gasteiger partial charge on any atom is 0.364 e. The van der Waals surface area contributed by atoms with Gasteiger partial charge in [0, 0.05) is 6.42 Å². The zero-order chi connectivity index (χ0) is 9.84. The van der Waals surface area contributed by atoms with Gasteiger partial charge in [-0.15, -0.1) is 0 Å². The van der Waals surface area contributed by atoms with Crippen molar-refractivity contribution >= 4 is 17.9 Å². The van der Waals surface area contributed by atoms with Gasteiger partial charge < -0.3 is 19.7 Å². The van der Waals surface area contributed by atoms with Crippen LogP contribution in [0.5, 0.6) is 0 Å². The van der Waals surface area contributed by atoms with Crippen LogP contribution in [-0.2, 0) is 9.47 Å². The first-order chi connectivity index (χ1) is 6.13. The zero-order valence-electron chi connectivity index (χ0n) is 6.92. The minimum atomic E-state index is -0.834. The van der Waals surface area contributed by atoms with Gasteiger partial charge in [0.2, 0.25) is 0 Å². The number of hydrogen-bond donors (Lipinski definition) is 3. The molecule has 0 radical (unpaired) electrons. The normalized spacial score (nSPS) is 34.2. The van der Waals surface area contributed by atoms with Gasteiger partial charge in [-0.2, -0.15) is 0 Å². The van der Waals surface area contributed by atoms with E-state index in [4.69, 9.17) is 14.6 Å². The highest BCUT2D eigenvalue weighted by molar-refractivity contribution is 7.96. The largest absolute Gasteiger partial charge is 0.451 e. The van der Waals surface area contributed by atoms with Crippen molar-refractivity contribution in [2.75, 3.05) is 13.2 Å². The summed E-state index contributed by atoms with van der Waals surface area (Å²) in [6, 6.07) is 0. The number of hydrogen-bond acceptors (Lipinski definition) is 5. The molecule has 6 heteroatoms. The molecule has 0 spiro atoms. The number of carbonyl (C=O) groups excluding carboxylic acids is 1. The summed E-state index contributed by atoms with van der Waals surface area (Å²) in [6.45, 7) is -0.0791. The molecule has 5 nitrogen and oxygen atoms in total. The highest BCUT2D eigenvalue weighted by Crippen LogP contribution is 2.18. The van der Waals surface area contributed by atoms with Gasteiger partial charge in [-0.25, -0.2) is 4.79 Å². The molecule has 0 saturated carbocycles. The minimum Gasteiger partial charge on any atom is -0.451 e. The van der Waals surface area contributed by atoms with Crippen molar-refractivity contribution in [2.45, 2.75) is 24.7 Å². The van der Waals surface area contributed by atoms with E-state index in [9.17, 15) is 9.90 Å². The van der Waals surface area contributed by atoms with E-state index in [-0.39, 0.29) is 19.3 Å². The number of ether oxygens (including phenoxy) is 2. The van der Waals surface area contributed by atoms with E-state index in [0.717, 1.165) is 0 Å². The van der Waals surface area contributed by atoms with Crippen molar-refractivity contribution in [3.05, 3.63) is 0 Å². The lowest BCUT2D eigenvalue weighted by Gasteiger charge is -2.31. The summed E-state index contributed by atoms with van der Waals surface area (Å²) >= 11 is 3.43. The van der Waals surface area contributed by atoms with Crippen molar-refractivity contribution in [1.82, 2.24) is 0 Å². The molecule has 13 heavy (non-hydrogen) atoms. The summed E-state index contributed by atoms with van der Waals surface area (Å²) in [6.07, 6.45) is -1.54. The first-order valence-corrected chi connectivity index (χ1v) is 4.38. The second-order valence-corrected chi connectivity index (χ2v) is 3.23. The molecule has 3 unspecified atom stereocenters. The molecular formula is C7H12O5S. The summed E-state index contributed by atoms with van der Waals surface area (Å²) in [5, 5.41) is 17.3. The van der Waals surface area contributed by atoms with E-state index in [2.05, 4.69) is 12.6 Å². The maximum atomic E-state index is 10.5. The van der Waals surface area contributed by atoms with Crippen LogP contribution in [0.4, 0.5) is 4.79 Å². The predicted molar refractivity (Wildman–Crippen MR) is 46.7 cm³/mol. The number of aliphatic hydroxyl groups excluding tert-OH is 2. The quantitative estimate of drug-likeness (QED) is 0.424. The Morgan fingerprint density at radius 2 is 2.38 bits per heavy atom. The molecular weight excluding hydrogens is 196 g/mol. The highest BCUT2D eigenvalue weighted by Gasteiger charge is 2.31. The van der Waals surface area contributed by atoms with Gasteiger partial charge in [-0.05, 0) is 0 Å². The van der Waals surface area contributed by atoms with E-state index in [1.165, 1.54) is 0 Å². The van der Waals surface area contributed by atoms with E-state index >= 15 is 0 Å². The van der Waals surface area contributed by atoms with Crippen LogP contribution < -0.4 is 0 Å². The Bertz CT molecular complexity index is 186. The molecule has 1 aliphatic heterocycles. The van der Waals surface area contributed by atoms with Crippen molar-refractivity contribution in [3.8, 4) is 0 Å². The van der Waals surface area contributed by atoms with E-state index in [1.807, 2.05) is 0 Å². The number of thiol groups is 1. The lowest BCUT2D eigenvalue weighted by Crippen LogP contribution is -2.44.